The highest BCUT2D eigenvalue weighted by Gasteiger charge is 2.29. The lowest BCUT2D eigenvalue weighted by Crippen LogP contribution is -2.43. The second kappa shape index (κ2) is 8.56. The van der Waals surface area contributed by atoms with Gasteiger partial charge in [-0.05, 0) is 37.5 Å². The van der Waals surface area contributed by atoms with Crippen molar-refractivity contribution in [1.82, 2.24) is 4.90 Å². The second-order valence-corrected chi connectivity index (χ2v) is 6.44. The van der Waals surface area contributed by atoms with Gasteiger partial charge in [0.25, 0.3) is 5.91 Å². The predicted octanol–water partition coefficient (Wildman–Crippen LogP) is 3.56. The summed E-state index contributed by atoms with van der Waals surface area (Å²) in [6.07, 6.45) is 5.38. The van der Waals surface area contributed by atoms with E-state index in [0.29, 0.717) is 36.7 Å². The van der Waals surface area contributed by atoms with Crippen molar-refractivity contribution in [1.29, 1.82) is 0 Å². The first-order valence-electron chi connectivity index (χ1n) is 9.03. The molecule has 26 heavy (non-hydrogen) atoms. The van der Waals surface area contributed by atoms with Crippen LogP contribution in [0.5, 0.6) is 5.75 Å². The maximum absolute atomic E-state index is 12.7. The molecule has 1 aromatic heterocycles. The van der Waals surface area contributed by atoms with Crippen LogP contribution in [0.1, 0.15) is 36.5 Å². The Kier molecular flexibility index (Phi) is 5.94. The molecule has 1 atom stereocenters. The molecule has 1 aliphatic heterocycles. The van der Waals surface area contributed by atoms with Crippen LogP contribution in [0.4, 0.5) is 5.69 Å². The van der Waals surface area contributed by atoms with Crippen LogP contribution in [0.2, 0.25) is 0 Å². The number of hydrogen-bond acceptors (Lipinski definition) is 4. The van der Waals surface area contributed by atoms with Crippen molar-refractivity contribution in [3.8, 4) is 5.75 Å². The summed E-state index contributed by atoms with van der Waals surface area (Å²) in [5, 5.41) is 2.96. The lowest BCUT2D eigenvalue weighted by molar-refractivity contribution is -0.121. The van der Waals surface area contributed by atoms with Crippen LogP contribution in [0, 0.1) is 5.92 Å². The number of likely N-dealkylation sites (tertiary alicyclic amines) is 1. The molecule has 0 bridgehead atoms. The summed E-state index contributed by atoms with van der Waals surface area (Å²) in [6.45, 7) is 3.70. The lowest BCUT2D eigenvalue weighted by atomic mass is 9.96. The van der Waals surface area contributed by atoms with E-state index in [1.807, 2.05) is 31.2 Å². The molecule has 1 saturated heterocycles. The molecule has 0 spiro atoms. The number of hydrogen-bond donors (Lipinski definition) is 1. The summed E-state index contributed by atoms with van der Waals surface area (Å²) in [7, 11) is 0. The predicted molar refractivity (Wildman–Crippen MR) is 98.2 cm³/mol. The molecule has 3 rings (SSSR count). The highest BCUT2D eigenvalue weighted by atomic mass is 16.5. The first-order valence-corrected chi connectivity index (χ1v) is 9.03. The number of carbonyl (C=O) groups excluding carboxylic acids is 2. The average Bonchev–Trinajstić information content (AvgIpc) is 3.21. The van der Waals surface area contributed by atoms with Crippen LogP contribution in [-0.2, 0) is 4.79 Å². The van der Waals surface area contributed by atoms with Crippen LogP contribution < -0.4 is 10.1 Å². The highest BCUT2D eigenvalue weighted by molar-refractivity contribution is 5.96. The Bertz CT molecular complexity index is 742. The fourth-order valence-electron chi connectivity index (χ4n) is 3.09. The fourth-order valence-corrected chi connectivity index (χ4v) is 3.09. The Labute approximate surface area is 153 Å². The number of piperidine rings is 1. The Morgan fingerprint density at radius 3 is 2.92 bits per heavy atom. The number of nitrogens with zero attached hydrogens (tertiary/aromatic N) is 1. The van der Waals surface area contributed by atoms with Crippen molar-refractivity contribution < 1.29 is 18.7 Å². The summed E-state index contributed by atoms with van der Waals surface area (Å²) < 4.78 is 10.7. The number of ether oxygens (including phenoxy) is 1. The van der Waals surface area contributed by atoms with Crippen molar-refractivity contribution in [3.63, 3.8) is 0 Å². The zero-order chi connectivity index (χ0) is 18.4. The van der Waals surface area contributed by atoms with E-state index in [1.165, 1.54) is 12.5 Å². The molecule has 2 aromatic rings. The van der Waals surface area contributed by atoms with Crippen molar-refractivity contribution in [2.45, 2.75) is 26.2 Å². The third-order valence-corrected chi connectivity index (χ3v) is 4.45. The van der Waals surface area contributed by atoms with E-state index in [1.54, 1.807) is 11.0 Å². The highest BCUT2D eigenvalue weighted by Crippen LogP contribution is 2.26. The monoisotopic (exact) mass is 356 g/mol. The quantitative estimate of drug-likeness (QED) is 0.859. The zero-order valence-electron chi connectivity index (χ0n) is 14.9. The molecule has 1 unspecified atom stereocenters. The van der Waals surface area contributed by atoms with Gasteiger partial charge in [-0.15, -0.1) is 0 Å². The topological polar surface area (TPSA) is 71.8 Å². The van der Waals surface area contributed by atoms with Gasteiger partial charge >= 0.3 is 0 Å². The first-order chi connectivity index (χ1) is 12.7. The van der Waals surface area contributed by atoms with Crippen LogP contribution in [0.25, 0.3) is 0 Å². The van der Waals surface area contributed by atoms with Crippen LogP contribution in [0.15, 0.2) is 47.3 Å². The van der Waals surface area contributed by atoms with Crippen LogP contribution in [0.3, 0.4) is 0 Å². The van der Waals surface area contributed by atoms with Crippen LogP contribution in [-0.4, -0.2) is 36.4 Å². The van der Waals surface area contributed by atoms with Crippen molar-refractivity contribution >= 4 is 17.5 Å². The minimum Gasteiger partial charge on any atom is -0.491 e. The van der Waals surface area contributed by atoms with Gasteiger partial charge in [-0.3, -0.25) is 9.59 Å². The van der Waals surface area contributed by atoms with Gasteiger partial charge in [-0.25, -0.2) is 0 Å². The molecule has 0 radical (unpaired) electrons. The summed E-state index contributed by atoms with van der Waals surface area (Å²) in [6, 6.07) is 9.07. The molecule has 2 heterocycles. The number of para-hydroxylation sites is 2. The molecule has 2 amide bonds. The van der Waals surface area contributed by atoms with E-state index in [-0.39, 0.29) is 17.7 Å². The Morgan fingerprint density at radius 1 is 1.31 bits per heavy atom. The largest absolute Gasteiger partial charge is 0.491 e. The molecule has 1 aromatic carbocycles. The van der Waals surface area contributed by atoms with Crippen molar-refractivity contribution in [3.05, 3.63) is 48.4 Å². The smallest absolute Gasteiger partial charge is 0.257 e. The van der Waals surface area contributed by atoms with E-state index in [2.05, 4.69) is 5.32 Å². The first kappa shape index (κ1) is 18.0. The van der Waals surface area contributed by atoms with Gasteiger partial charge in [0.2, 0.25) is 5.91 Å². The number of furan rings is 1. The minimum absolute atomic E-state index is 0.0813. The molecule has 1 aliphatic rings. The second-order valence-electron chi connectivity index (χ2n) is 6.44. The van der Waals surface area contributed by atoms with Gasteiger partial charge in [-0.1, -0.05) is 19.1 Å². The Balaban J connectivity index is 1.64. The normalized spacial score (nSPS) is 17.0. The van der Waals surface area contributed by atoms with Gasteiger partial charge in [0, 0.05) is 13.1 Å². The number of amides is 2. The van der Waals surface area contributed by atoms with Gasteiger partial charge in [0.05, 0.1) is 30.0 Å². The van der Waals surface area contributed by atoms with Gasteiger partial charge in [0.1, 0.15) is 12.0 Å². The Morgan fingerprint density at radius 2 is 2.15 bits per heavy atom. The van der Waals surface area contributed by atoms with Crippen molar-refractivity contribution in [2.75, 3.05) is 25.0 Å². The lowest BCUT2D eigenvalue weighted by Gasteiger charge is -2.32. The summed E-state index contributed by atoms with van der Waals surface area (Å²) in [5.74, 6) is 0.258. The molecule has 0 saturated carbocycles. The van der Waals surface area contributed by atoms with E-state index in [0.717, 1.165) is 19.3 Å². The van der Waals surface area contributed by atoms with Crippen molar-refractivity contribution in [2.24, 2.45) is 5.92 Å². The zero-order valence-corrected chi connectivity index (χ0v) is 14.9. The maximum Gasteiger partial charge on any atom is 0.257 e. The third-order valence-electron chi connectivity index (χ3n) is 4.45. The molecule has 6 heteroatoms. The fraction of sp³-hybridized carbons (Fsp3) is 0.400. The molecule has 1 fully saturated rings. The van der Waals surface area contributed by atoms with Gasteiger partial charge in [0.15, 0.2) is 0 Å². The number of nitrogens with one attached hydrogen (secondary N) is 1. The van der Waals surface area contributed by atoms with E-state index >= 15 is 0 Å². The number of benzene rings is 1. The number of rotatable bonds is 6. The van der Waals surface area contributed by atoms with Gasteiger partial charge < -0.3 is 19.4 Å². The van der Waals surface area contributed by atoms with E-state index < -0.39 is 0 Å². The summed E-state index contributed by atoms with van der Waals surface area (Å²) in [5.41, 5.74) is 1.19. The minimum atomic E-state index is -0.237. The van der Waals surface area contributed by atoms with E-state index in [9.17, 15) is 9.59 Å². The van der Waals surface area contributed by atoms with E-state index in [4.69, 9.17) is 9.15 Å². The van der Waals surface area contributed by atoms with Gasteiger partial charge in [-0.2, -0.15) is 0 Å². The number of carbonyl (C=O) groups is 2. The molecule has 6 nitrogen and oxygen atoms in total. The van der Waals surface area contributed by atoms with Crippen LogP contribution >= 0.6 is 0 Å². The SMILES string of the molecule is CCCOc1ccccc1NC(=O)C1CCCN(C(=O)c2ccoc2)C1. The Hall–Kier alpha value is -2.76. The standard InChI is InChI=1S/C20H24N2O4/c1-2-11-26-18-8-4-3-7-17(18)21-19(23)15-6-5-10-22(13-15)20(24)16-9-12-25-14-16/h3-4,7-9,12,14-15H,2,5-6,10-11,13H2,1H3,(H,21,23). The molecule has 138 valence electrons. The third kappa shape index (κ3) is 4.25. The molecular weight excluding hydrogens is 332 g/mol. The summed E-state index contributed by atoms with van der Waals surface area (Å²) in [4.78, 5) is 26.9. The summed E-state index contributed by atoms with van der Waals surface area (Å²) >= 11 is 0. The number of anilines is 1. The maximum atomic E-state index is 12.7. The molecular formula is C20H24N2O4. The molecule has 1 N–H and O–H groups in total. The average molecular weight is 356 g/mol. The molecule has 0 aliphatic carbocycles.